The Labute approximate surface area is 223 Å². The molecule has 0 bridgehead atoms. The molecule has 0 fully saturated rings. The van der Waals surface area contributed by atoms with E-state index in [1.54, 1.807) is 24.3 Å². The summed E-state index contributed by atoms with van der Waals surface area (Å²) in [6.07, 6.45) is 4.03. The van der Waals surface area contributed by atoms with E-state index in [1.165, 1.54) is 12.1 Å². The van der Waals surface area contributed by atoms with Gasteiger partial charge in [0.15, 0.2) is 18.2 Å². The van der Waals surface area contributed by atoms with Crippen LogP contribution in [0, 0.1) is 5.82 Å². The van der Waals surface area contributed by atoms with E-state index in [4.69, 9.17) is 4.74 Å². The molecule has 0 radical (unpaired) electrons. The number of nitrogens with zero attached hydrogens (tertiary/aromatic N) is 1. The Morgan fingerprint density at radius 3 is 2.30 bits per heavy atom. The molecule has 2 aromatic carbocycles. The number of nitrogens with one attached hydrogen (secondary N) is 1. The minimum Gasteiger partial charge on any atom is -0.483 e. The van der Waals surface area contributed by atoms with Crippen molar-refractivity contribution < 1.29 is 23.5 Å². The van der Waals surface area contributed by atoms with E-state index in [9.17, 15) is 18.8 Å². The highest BCUT2D eigenvalue weighted by molar-refractivity contribution is 9.10. The number of Topliss-reactive ketones (excluding diaryl/α,β-unsaturated/α-hetero) is 2. The van der Waals surface area contributed by atoms with Crippen molar-refractivity contribution in [3.05, 3.63) is 80.9 Å². The van der Waals surface area contributed by atoms with Gasteiger partial charge in [0.2, 0.25) is 0 Å². The zero-order chi connectivity index (χ0) is 26.1. The van der Waals surface area contributed by atoms with Crippen LogP contribution in [0.4, 0.5) is 10.1 Å². The predicted octanol–water partition coefficient (Wildman–Crippen LogP) is 6.04. The molecule has 192 valence electrons. The molecule has 1 amide bonds. The summed E-state index contributed by atoms with van der Waals surface area (Å²) in [5, 5.41) is 2.53. The van der Waals surface area contributed by atoms with E-state index in [1.807, 2.05) is 6.07 Å². The third-order valence-corrected chi connectivity index (χ3v) is 7.69. The number of allylic oxidation sites excluding steroid dienone is 4. The molecule has 0 saturated carbocycles. The number of halogens is 2. The zero-order valence-electron chi connectivity index (χ0n) is 20.6. The summed E-state index contributed by atoms with van der Waals surface area (Å²) in [6, 6.07) is 11.3. The summed E-state index contributed by atoms with van der Waals surface area (Å²) in [6.45, 7) is 2.40. The number of hydrogen-bond donors (Lipinski definition) is 1. The fraction of sp³-hybridized carbons (Fsp3) is 0.345. The summed E-state index contributed by atoms with van der Waals surface area (Å²) in [4.78, 5) is 41.5. The number of ketones is 2. The van der Waals surface area contributed by atoms with Crippen LogP contribution in [0.3, 0.4) is 0 Å². The molecule has 8 heteroatoms. The van der Waals surface area contributed by atoms with Crippen LogP contribution in [-0.4, -0.2) is 35.5 Å². The summed E-state index contributed by atoms with van der Waals surface area (Å²) in [7, 11) is 0. The Balaban J connectivity index is 1.54. The highest BCUT2D eigenvalue weighted by Gasteiger charge is 2.43. The van der Waals surface area contributed by atoms with E-state index < -0.39 is 17.6 Å². The second kappa shape index (κ2) is 10.6. The van der Waals surface area contributed by atoms with E-state index in [0.29, 0.717) is 41.8 Å². The van der Waals surface area contributed by atoms with Crippen LogP contribution in [0.1, 0.15) is 56.9 Å². The highest BCUT2D eigenvalue weighted by Crippen LogP contribution is 2.51. The van der Waals surface area contributed by atoms with Crippen LogP contribution >= 0.6 is 15.9 Å². The van der Waals surface area contributed by atoms with E-state index >= 15 is 0 Å². The fourth-order valence-electron chi connectivity index (χ4n) is 5.68. The van der Waals surface area contributed by atoms with Crippen LogP contribution in [0.2, 0.25) is 0 Å². The first kappa shape index (κ1) is 25.4. The van der Waals surface area contributed by atoms with Gasteiger partial charge in [0, 0.05) is 57.9 Å². The summed E-state index contributed by atoms with van der Waals surface area (Å²) < 4.78 is 20.7. The van der Waals surface area contributed by atoms with Crippen molar-refractivity contribution in [3.8, 4) is 5.75 Å². The Morgan fingerprint density at radius 1 is 1.03 bits per heavy atom. The average molecular weight is 567 g/mol. The van der Waals surface area contributed by atoms with Crippen LogP contribution in [0.15, 0.2) is 69.5 Å². The molecular weight excluding hydrogens is 539 g/mol. The molecule has 3 aliphatic rings. The molecule has 5 rings (SSSR count). The van der Waals surface area contributed by atoms with Crippen molar-refractivity contribution in [2.45, 2.75) is 51.4 Å². The largest absolute Gasteiger partial charge is 0.483 e. The molecule has 1 heterocycles. The van der Waals surface area contributed by atoms with Crippen molar-refractivity contribution in [1.82, 2.24) is 4.90 Å². The second-order valence-corrected chi connectivity index (χ2v) is 10.4. The number of para-hydroxylation sites is 1. The lowest BCUT2D eigenvalue weighted by atomic mass is 9.70. The van der Waals surface area contributed by atoms with Gasteiger partial charge in [-0.05, 0) is 62.9 Å². The minimum absolute atomic E-state index is 0.0536. The van der Waals surface area contributed by atoms with Crippen molar-refractivity contribution in [2.75, 3.05) is 18.5 Å². The maximum Gasteiger partial charge on any atom is 0.262 e. The third kappa shape index (κ3) is 4.87. The molecule has 0 aromatic heterocycles. The lowest BCUT2D eigenvalue weighted by Crippen LogP contribution is -2.39. The standard InChI is InChI=1S/C29H28BrFN2O4/c1-2-33-21-9-5-11-23(34)28(21)27(29-22(33)10-6-12-24(29)35)18-15-17(30)13-14-25(18)37-16-26(36)32-20-8-4-3-7-19(20)31/h3-4,7-8,13-15,27H,2,5-6,9-12,16H2,1H3,(H,32,36). The summed E-state index contributed by atoms with van der Waals surface area (Å²) >= 11 is 3.54. The van der Waals surface area contributed by atoms with Gasteiger partial charge in [-0.25, -0.2) is 4.39 Å². The number of benzene rings is 2. The Morgan fingerprint density at radius 2 is 1.68 bits per heavy atom. The maximum absolute atomic E-state index is 14.0. The Hall–Kier alpha value is -3.26. The minimum atomic E-state index is -0.546. The van der Waals surface area contributed by atoms with Gasteiger partial charge in [0.05, 0.1) is 5.69 Å². The van der Waals surface area contributed by atoms with E-state index in [2.05, 4.69) is 33.1 Å². The molecule has 2 aliphatic carbocycles. The Bertz CT molecular complexity index is 1310. The fourth-order valence-corrected chi connectivity index (χ4v) is 6.06. The van der Waals surface area contributed by atoms with E-state index in [0.717, 1.165) is 41.6 Å². The molecule has 1 N–H and O–H groups in total. The normalized spacial score (nSPS) is 18.1. The molecule has 0 atom stereocenters. The van der Waals surface area contributed by atoms with Gasteiger partial charge in [-0.1, -0.05) is 28.1 Å². The number of ether oxygens (including phenoxy) is 1. The number of hydrogen-bond acceptors (Lipinski definition) is 5. The lowest BCUT2D eigenvalue weighted by Gasteiger charge is -2.43. The molecule has 0 unspecified atom stereocenters. The number of carbonyl (C=O) groups is 3. The smallest absolute Gasteiger partial charge is 0.262 e. The maximum atomic E-state index is 14.0. The van der Waals surface area contributed by atoms with Crippen LogP contribution < -0.4 is 10.1 Å². The van der Waals surface area contributed by atoms with Gasteiger partial charge >= 0.3 is 0 Å². The summed E-state index contributed by atoms with van der Waals surface area (Å²) in [5.41, 5.74) is 4.08. The van der Waals surface area contributed by atoms with Crippen LogP contribution in [0.25, 0.3) is 0 Å². The molecular formula is C29H28BrFN2O4. The van der Waals surface area contributed by atoms with E-state index in [-0.39, 0.29) is 23.9 Å². The first-order chi connectivity index (χ1) is 17.9. The number of rotatable bonds is 6. The number of carbonyl (C=O) groups excluding carboxylic acids is 3. The number of anilines is 1. The van der Waals surface area contributed by atoms with Gasteiger partial charge in [0.1, 0.15) is 11.6 Å². The topological polar surface area (TPSA) is 75.7 Å². The lowest BCUT2D eigenvalue weighted by molar-refractivity contribution is -0.119. The molecule has 1 aliphatic heterocycles. The molecule has 6 nitrogen and oxygen atoms in total. The van der Waals surface area contributed by atoms with Crippen molar-refractivity contribution >= 4 is 39.1 Å². The molecule has 37 heavy (non-hydrogen) atoms. The zero-order valence-corrected chi connectivity index (χ0v) is 22.2. The third-order valence-electron chi connectivity index (χ3n) is 7.19. The van der Waals surface area contributed by atoms with Crippen molar-refractivity contribution in [3.63, 3.8) is 0 Å². The second-order valence-electron chi connectivity index (χ2n) is 9.45. The highest BCUT2D eigenvalue weighted by atomic mass is 79.9. The van der Waals surface area contributed by atoms with Crippen LogP contribution in [0.5, 0.6) is 5.75 Å². The Kier molecular flexibility index (Phi) is 7.29. The number of amides is 1. The van der Waals surface area contributed by atoms with Crippen molar-refractivity contribution in [2.24, 2.45) is 0 Å². The first-order valence-corrected chi connectivity index (χ1v) is 13.4. The monoisotopic (exact) mass is 566 g/mol. The molecule has 0 spiro atoms. The SMILES string of the molecule is CCN1C2=C(C(=O)CCC2)C(c2cc(Br)ccc2OCC(=O)Nc2ccccc2F)C2=C1CCCC2=O. The quantitative estimate of drug-likeness (QED) is 0.461. The average Bonchev–Trinajstić information content (AvgIpc) is 2.88. The van der Waals surface area contributed by atoms with Crippen LogP contribution in [-0.2, 0) is 14.4 Å². The molecule has 2 aromatic rings. The van der Waals surface area contributed by atoms with Gasteiger partial charge in [0.25, 0.3) is 5.91 Å². The van der Waals surface area contributed by atoms with Gasteiger partial charge in [-0.15, -0.1) is 0 Å². The van der Waals surface area contributed by atoms with Gasteiger partial charge in [-0.2, -0.15) is 0 Å². The first-order valence-electron chi connectivity index (χ1n) is 12.7. The van der Waals surface area contributed by atoms with Crippen molar-refractivity contribution in [1.29, 1.82) is 0 Å². The van der Waals surface area contributed by atoms with Gasteiger partial charge in [-0.3, -0.25) is 14.4 Å². The summed E-state index contributed by atoms with van der Waals surface area (Å²) in [5.74, 6) is -1.07. The predicted molar refractivity (Wildman–Crippen MR) is 142 cm³/mol. The molecule has 0 saturated heterocycles. The van der Waals surface area contributed by atoms with Gasteiger partial charge < -0.3 is 15.0 Å².